The predicted molar refractivity (Wildman–Crippen MR) is 170 cm³/mol. The summed E-state index contributed by atoms with van der Waals surface area (Å²) in [7, 11) is 0. The molecular formula is C38H25N3. The molecule has 8 rings (SSSR count). The molecule has 8 aromatic rings. The Balaban J connectivity index is 1.32. The van der Waals surface area contributed by atoms with Gasteiger partial charge in [-0.2, -0.15) is 0 Å². The van der Waals surface area contributed by atoms with Gasteiger partial charge < -0.3 is 4.57 Å². The van der Waals surface area contributed by atoms with E-state index in [9.17, 15) is 0 Å². The highest BCUT2D eigenvalue weighted by atomic mass is 15.0. The molecule has 0 bridgehead atoms. The Morgan fingerprint density at radius 3 is 2.20 bits per heavy atom. The van der Waals surface area contributed by atoms with Crippen LogP contribution < -0.4 is 0 Å². The van der Waals surface area contributed by atoms with Crippen LogP contribution in [0, 0.1) is 0 Å². The fourth-order valence-corrected chi connectivity index (χ4v) is 5.96. The molecule has 0 N–H and O–H groups in total. The van der Waals surface area contributed by atoms with Crippen LogP contribution in [-0.4, -0.2) is 14.5 Å². The van der Waals surface area contributed by atoms with E-state index in [1.165, 1.54) is 27.4 Å². The van der Waals surface area contributed by atoms with Gasteiger partial charge in [-0.25, -0.2) is 0 Å². The molecule has 3 aromatic heterocycles. The molecule has 0 atom stereocenters. The molecule has 0 aliphatic rings. The number of hydrogen-bond acceptors (Lipinski definition) is 2. The molecule has 3 heteroatoms. The van der Waals surface area contributed by atoms with E-state index in [2.05, 4.69) is 132 Å². The predicted octanol–water partition coefficient (Wildman–Crippen LogP) is 9.73. The molecule has 0 saturated heterocycles. The fourth-order valence-electron chi connectivity index (χ4n) is 5.96. The highest BCUT2D eigenvalue weighted by Crippen LogP contribution is 2.37. The monoisotopic (exact) mass is 523 g/mol. The lowest BCUT2D eigenvalue weighted by Crippen LogP contribution is -1.95. The van der Waals surface area contributed by atoms with Crippen molar-refractivity contribution in [3.8, 4) is 39.2 Å². The SMILES string of the molecule is c1ccc(-c2ccnc(-c3cccc(-n4c5ccccc5c5ccc(-c6cccc7cccnc67)cc54)c3)c2)cc1. The summed E-state index contributed by atoms with van der Waals surface area (Å²) in [6, 6.07) is 49.3. The van der Waals surface area contributed by atoms with Gasteiger partial charge in [-0.3, -0.25) is 9.97 Å². The minimum Gasteiger partial charge on any atom is -0.309 e. The van der Waals surface area contributed by atoms with E-state index in [-0.39, 0.29) is 0 Å². The molecule has 0 spiro atoms. The number of nitrogens with zero attached hydrogens (tertiary/aromatic N) is 3. The summed E-state index contributed by atoms with van der Waals surface area (Å²) in [5, 5.41) is 3.61. The van der Waals surface area contributed by atoms with Crippen molar-refractivity contribution in [2.24, 2.45) is 0 Å². The number of aromatic nitrogens is 3. The lowest BCUT2D eigenvalue weighted by molar-refractivity contribution is 1.18. The van der Waals surface area contributed by atoms with E-state index < -0.39 is 0 Å². The Labute approximate surface area is 238 Å². The van der Waals surface area contributed by atoms with Crippen molar-refractivity contribution < 1.29 is 0 Å². The van der Waals surface area contributed by atoms with E-state index in [4.69, 9.17) is 9.97 Å². The van der Waals surface area contributed by atoms with Crippen LogP contribution in [0.3, 0.4) is 0 Å². The third-order valence-corrected chi connectivity index (χ3v) is 7.88. The normalized spacial score (nSPS) is 11.4. The molecular weight excluding hydrogens is 498 g/mol. The largest absolute Gasteiger partial charge is 0.309 e. The Morgan fingerprint density at radius 2 is 1.24 bits per heavy atom. The molecule has 41 heavy (non-hydrogen) atoms. The first kappa shape index (κ1) is 23.4. The maximum absolute atomic E-state index is 4.75. The smallest absolute Gasteiger partial charge is 0.0780 e. The van der Waals surface area contributed by atoms with E-state index in [1.807, 2.05) is 24.5 Å². The van der Waals surface area contributed by atoms with Crippen LogP contribution in [-0.2, 0) is 0 Å². The topological polar surface area (TPSA) is 30.7 Å². The maximum Gasteiger partial charge on any atom is 0.0780 e. The zero-order valence-electron chi connectivity index (χ0n) is 22.3. The molecule has 0 radical (unpaired) electrons. The van der Waals surface area contributed by atoms with Crippen LogP contribution in [0.25, 0.3) is 71.9 Å². The quantitative estimate of drug-likeness (QED) is 0.230. The second kappa shape index (κ2) is 9.58. The van der Waals surface area contributed by atoms with Gasteiger partial charge in [0.15, 0.2) is 0 Å². The first-order valence-electron chi connectivity index (χ1n) is 13.8. The maximum atomic E-state index is 4.75. The molecule has 0 unspecified atom stereocenters. The van der Waals surface area contributed by atoms with Crippen LogP contribution in [0.15, 0.2) is 152 Å². The van der Waals surface area contributed by atoms with Crippen molar-refractivity contribution in [1.82, 2.24) is 14.5 Å². The van der Waals surface area contributed by atoms with Gasteiger partial charge in [0.05, 0.1) is 22.2 Å². The molecule has 5 aromatic carbocycles. The number of hydrogen-bond donors (Lipinski definition) is 0. The van der Waals surface area contributed by atoms with Gasteiger partial charge in [0.1, 0.15) is 0 Å². The zero-order chi connectivity index (χ0) is 27.2. The van der Waals surface area contributed by atoms with E-state index in [0.717, 1.165) is 44.5 Å². The molecule has 0 amide bonds. The third kappa shape index (κ3) is 3.98. The average molecular weight is 524 g/mol. The molecule has 0 aliphatic heterocycles. The first-order chi connectivity index (χ1) is 20.3. The second-order valence-corrected chi connectivity index (χ2v) is 10.3. The number of benzene rings is 5. The standard InChI is InChI=1S/C38H25N3/c1-2-9-26(10-3-1)28-20-22-39-35(24-28)30-12-6-14-31(23-30)41-36-17-5-4-15-33(36)34-19-18-29(25-37(34)41)32-16-7-11-27-13-8-21-40-38(27)32/h1-25H. The Bertz CT molecular complexity index is 2200. The summed E-state index contributed by atoms with van der Waals surface area (Å²) >= 11 is 0. The molecule has 0 aliphatic carbocycles. The minimum absolute atomic E-state index is 0.955. The van der Waals surface area contributed by atoms with Crippen LogP contribution >= 0.6 is 0 Å². The van der Waals surface area contributed by atoms with Crippen LogP contribution in [0.4, 0.5) is 0 Å². The van der Waals surface area contributed by atoms with Gasteiger partial charge in [0.25, 0.3) is 0 Å². The second-order valence-electron chi connectivity index (χ2n) is 10.3. The van der Waals surface area contributed by atoms with Crippen molar-refractivity contribution in [3.05, 3.63) is 152 Å². The average Bonchev–Trinajstić information content (AvgIpc) is 3.39. The number of fused-ring (bicyclic) bond motifs is 4. The van der Waals surface area contributed by atoms with Crippen molar-refractivity contribution >= 4 is 32.7 Å². The molecule has 3 heterocycles. The van der Waals surface area contributed by atoms with Gasteiger partial charge >= 0.3 is 0 Å². The van der Waals surface area contributed by atoms with Crippen LogP contribution in [0.2, 0.25) is 0 Å². The fraction of sp³-hybridized carbons (Fsp3) is 0. The van der Waals surface area contributed by atoms with Crippen LogP contribution in [0.1, 0.15) is 0 Å². The Kier molecular flexibility index (Phi) is 5.46. The van der Waals surface area contributed by atoms with Crippen molar-refractivity contribution in [2.75, 3.05) is 0 Å². The van der Waals surface area contributed by atoms with E-state index in [1.54, 1.807) is 0 Å². The lowest BCUT2D eigenvalue weighted by Gasteiger charge is -2.12. The van der Waals surface area contributed by atoms with Crippen molar-refractivity contribution in [1.29, 1.82) is 0 Å². The lowest BCUT2D eigenvalue weighted by atomic mass is 10.0. The molecule has 0 fully saturated rings. The summed E-state index contributed by atoms with van der Waals surface area (Å²) in [5.41, 5.74) is 11.1. The van der Waals surface area contributed by atoms with Crippen LogP contribution in [0.5, 0.6) is 0 Å². The van der Waals surface area contributed by atoms with Gasteiger partial charge in [-0.05, 0) is 59.2 Å². The number of rotatable bonds is 4. The Morgan fingerprint density at radius 1 is 0.439 bits per heavy atom. The molecule has 0 saturated carbocycles. The highest BCUT2D eigenvalue weighted by Gasteiger charge is 2.15. The minimum atomic E-state index is 0.955. The van der Waals surface area contributed by atoms with Gasteiger partial charge in [0, 0.05) is 45.4 Å². The van der Waals surface area contributed by atoms with Crippen molar-refractivity contribution in [2.45, 2.75) is 0 Å². The van der Waals surface area contributed by atoms with Gasteiger partial charge in [-0.15, -0.1) is 0 Å². The van der Waals surface area contributed by atoms with Crippen molar-refractivity contribution in [3.63, 3.8) is 0 Å². The summed E-state index contributed by atoms with van der Waals surface area (Å²) in [6.07, 6.45) is 3.77. The summed E-state index contributed by atoms with van der Waals surface area (Å²) in [4.78, 5) is 9.47. The molecule has 3 nitrogen and oxygen atoms in total. The highest BCUT2D eigenvalue weighted by molar-refractivity contribution is 6.11. The third-order valence-electron chi connectivity index (χ3n) is 7.88. The number of pyridine rings is 2. The Hall–Kier alpha value is -5.54. The first-order valence-corrected chi connectivity index (χ1v) is 13.8. The van der Waals surface area contributed by atoms with E-state index in [0.29, 0.717) is 0 Å². The summed E-state index contributed by atoms with van der Waals surface area (Å²) < 4.78 is 2.37. The number of para-hydroxylation sites is 2. The molecule has 192 valence electrons. The summed E-state index contributed by atoms with van der Waals surface area (Å²) in [6.45, 7) is 0. The van der Waals surface area contributed by atoms with E-state index >= 15 is 0 Å². The van der Waals surface area contributed by atoms with Gasteiger partial charge in [-0.1, -0.05) is 97.1 Å². The van der Waals surface area contributed by atoms with Gasteiger partial charge in [0.2, 0.25) is 0 Å². The summed E-state index contributed by atoms with van der Waals surface area (Å²) in [5.74, 6) is 0. The zero-order valence-corrected chi connectivity index (χ0v) is 22.3.